The highest BCUT2D eigenvalue weighted by atomic mass is 15.2. The van der Waals surface area contributed by atoms with E-state index in [1.165, 1.54) is 78.0 Å². The van der Waals surface area contributed by atoms with Gasteiger partial charge in [-0.15, -0.1) is 0 Å². The Labute approximate surface area is 416 Å². The van der Waals surface area contributed by atoms with Crippen molar-refractivity contribution in [1.29, 1.82) is 0 Å². The molecule has 69 heavy (non-hydrogen) atoms. The Bertz CT molecular complexity index is 2940. The molecule has 0 aliphatic heterocycles. The summed E-state index contributed by atoms with van der Waals surface area (Å²) in [6.45, 7) is 20.4. The molecule has 4 aliphatic rings. The summed E-state index contributed by atoms with van der Waals surface area (Å²) in [5, 5.41) is 0. The zero-order chi connectivity index (χ0) is 49.0. The minimum absolute atomic E-state index is 0.000382. The van der Waals surface area contributed by atoms with E-state index in [0.29, 0.717) is 0 Å². The molecule has 0 N–H and O–H groups in total. The van der Waals surface area contributed by atoms with E-state index in [0.717, 1.165) is 19.3 Å². The van der Waals surface area contributed by atoms with Crippen LogP contribution in [0.1, 0.15) is 143 Å². The van der Waals surface area contributed by atoms with Crippen molar-refractivity contribution in [3.63, 3.8) is 0 Å². The van der Waals surface area contributed by atoms with Crippen molar-refractivity contribution in [3.05, 3.63) is 268 Å². The largest absolute Gasteiger partial charge is 0.348 e. The van der Waals surface area contributed by atoms with Crippen molar-refractivity contribution in [3.8, 4) is 23.0 Å². The number of benzene rings is 7. The maximum absolute atomic E-state index is 3.68. The van der Waals surface area contributed by atoms with Gasteiger partial charge in [-0.05, 0) is 106 Å². The van der Waals surface area contributed by atoms with Crippen LogP contribution in [0.5, 0.6) is 0 Å². The smallest absolute Gasteiger partial charge is 0.112 e. The van der Waals surface area contributed by atoms with Gasteiger partial charge in [0.25, 0.3) is 0 Å². The lowest BCUT2D eigenvalue weighted by molar-refractivity contribution is 0.540. The normalized spacial score (nSPS) is 21.9. The van der Waals surface area contributed by atoms with Crippen LogP contribution in [-0.2, 0) is 10.8 Å². The van der Waals surface area contributed by atoms with Gasteiger partial charge in [0.1, 0.15) is 6.04 Å². The van der Waals surface area contributed by atoms with Crippen molar-refractivity contribution < 1.29 is 0 Å². The second-order valence-electron chi connectivity index (χ2n) is 17.3. The van der Waals surface area contributed by atoms with Crippen LogP contribution in [-0.4, -0.2) is 12.1 Å². The first-order chi connectivity index (χ1) is 34.1. The molecule has 0 heterocycles. The summed E-state index contributed by atoms with van der Waals surface area (Å²) >= 11 is 0. The Morgan fingerprint density at radius 2 is 1.01 bits per heavy atom. The van der Waals surface area contributed by atoms with E-state index in [-0.39, 0.29) is 18.0 Å². The first kappa shape index (κ1) is 50.0. The molecule has 0 spiro atoms. The maximum atomic E-state index is 3.68. The number of aryl methyl sites for hydroxylation is 1. The van der Waals surface area contributed by atoms with Crippen LogP contribution in [0.15, 0.2) is 212 Å². The summed E-state index contributed by atoms with van der Waals surface area (Å²) in [7, 11) is 0. The molecule has 1 heteroatoms. The van der Waals surface area contributed by atoms with Gasteiger partial charge in [-0.3, -0.25) is 0 Å². The molecule has 0 fully saturated rings. The molecule has 7 aromatic carbocycles. The molecule has 5 atom stereocenters. The number of hydrogen-bond donors (Lipinski definition) is 0. The fourth-order valence-corrected chi connectivity index (χ4v) is 11.5. The SMILES string of the molecule is C/C1=C/C=C\CC#CC1N(c1ccc(C)cc1)C1C=CC(c2ccccc2C2(c3ccccc3)c3ccccc3C3(c4ccccc4)c4ccccc4-c4cccc2c43)CC1.CC.CC.CC.CC. The minimum Gasteiger partial charge on any atom is -0.348 e. The average Bonchev–Trinajstić information content (AvgIpc) is 3.74. The van der Waals surface area contributed by atoms with Gasteiger partial charge in [-0.2, -0.15) is 0 Å². The van der Waals surface area contributed by atoms with Crippen molar-refractivity contribution in [1.82, 2.24) is 0 Å². The first-order valence-electron chi connectivity index (χ1n) is 26.0. The molecule has 1 nitrogen and oxygen atoms in total. The van der Waals surface area contributed by atoms with Crippen LogP contribution in [0.25, 0.3) is 11.1 Å². The highest BCUT2D eigenvalue weighted by molar-refractivity contribution is 5.91. The predicted octanol–water partition coefficient (Wildman–Crippen LogP) is 17.7. The Morgan fingerprint density at radius 1 is 0.478 bits per heavy atom. The lowest BCUT2D eigenvalue weighted by atomic mass is 9.51. The van der Waals surface area contributed by atoms with E-state index in [9.17, 15) is 0 Å². The predicted molar refractivity (Wildman–Crippen MR) is 299 cm³/mol. The molecule has 5 unspecified atom stereocenters. The summed E-state index contributed by atoms with van der Waals surface area (Å²) < 4.78 is 0. The molecule has 0 radical (unpaired) electrons. The molecule has 0 saturated carbocycles. The van der Waals surface area contributed by atoms with Crippen LogP contribution in [0, 0.1) is 18.8 Å². The van der Waals surface area contributed by atoms with Crippen molar-refractivity contribution in [2.75, 3.05) is 4.90 Å². The quantitative estimate of drug-likeness (QED) is 0.114. The van der Waals surface area contributed by atoms with Crippen LogP contribution in [0.2, 0.25) is 0 Å². The molecule has 0 aromatic heterocycles. The highest BCUT2D eigenvalue weighted by Gasteiger charge is 2.58. The third-order valence-electron chi connectivity index (χ3n) is 14.1. The second kappa shape index (κ2) is 22.9. The molecular formula is C68H73N. The number of anilines is 1. The zero-order valence-electron chi connectivity index (χ0n) is 42.9. The Morgan fingerprint density at radius 3 is 1.65 bits per heavy atom. The third kappa shape index (κ3) is 8.65. The molecule has 7 aromatic rings. The second-order valence-corrected chi connectivity index (χ2v) is 17.3. The number of nitrogens with zero attached hydrogens (tertiary/aromatic N) is 1. The Kier molecular flexibility index (Phi) is 16.6. The topological polar surface area (TPSA) is 3.24 Å². The van der Waals surface area contributed by atoms with E-state index in [1.807, 2.05) is 55.4 Å². The van der Waals surface area contributed by atoms with E-state index < -0.39 is 10.8 Å². The lowest BCUT2D eigenvalue weighted by Gasteiger charge is -2.50. The zero-order valence-corrected chi connectivity index (χ0v) is 42.9. The van der Waals surface area contributed by atoms with E-state index in [2.05, 4.69) is 237 Å². The van der Waals surface area contributed by atoms with Crippen LogP contribution < -0.4 is 4.90 Å². The fraction of sp³-hybridized carbons (Fsp3) is 0.265. The monoisotopic (exact) mass is 904 g/mol. The lowest BCUT2D eigenvalue weighted by Crippen LogP contribution is -2.45. The third-order valence-corrected chi connectivity index (χ3v) is 14.1. The molecule has 0 amide bonds. The van der Waals surface area contributed by atoms with E-state index in [4.69, 9.17) is 0 Å². The van der Waals surface area contributed by atoms with Gasteiger partial charge in [0.2, 0.25) is 0 Å². The van der Waals surface area contributed by atoms with Crippen molar-refractivity contribution in [2.24, 2.45) is 0 Å². The van der Waals surface area contributed by atoms with Gasteiger partial charge in [0.15, 0.2) is 0 Å². The summed E-state index contributed by atoms with van der Waals surface area (Å²) in [6, 6.07) is 67.0. The van der Waals surface area contributed by atoms with Gasteiger partial charge in [-0.1, -0.05) is 267 Å². The highest BCUT2D eigenvalue weighted by Crippen LogP contribution is 2.66. The van der Waals surface area contributed by atoms with Crippen LogP contribution in [0.4, 0.5) is 5.69 Å². The van der Waals surface area contributed by atoms with Crippen LogP contribution in [0.3, 0.4) is 0 Å². The Balaban J connectivity index is 0.000000838. The summed E-state index contributed by atoms with van der Waals surface area (Å²) in [5.74, 6) is 7.38. The number of hydrogen-bond acceptors (Lipinski definition) is 1. The van der Waals surface area contributed by atoms with E-state index in [1.54, 1.807) is 0 Å². The first-order valence-corrected chi connectivity index (χ1v) is 26.0. The maximum Gasteiger partial charge on any atom is 0.112 e. The average molecular weight is 904 g/mol. The van der Waals surface area contributed by atoms with Gasteiger partial charge in [0.05, 0.1) is 10.8 Å². The number of fused-ring (bicyclic) bond motifs is 5. The summed E-state index contributed by atoms with van der Waals surface area (Å²) in [6.07, 6.45) is 14.4. The van der Waals surface area contributed by atoms with Gasteiger partial charge >= 0.3 is 0 Å². The van der Waals surface area contributed by atoms with Gasteiger partial charge < -0.3 is 4.90 Å². The summed E-state index contributed by atoms with van der Waals surface area (Å²) in [5.41, 5.74) is 17.6. The molecule has 0 saturated heterocycles. The molecule has 4 aliphatic carbocycles. The molecular weight excluding hydrogens is 831 g/mol. The molecule has 11 rings (SSSR count). The van der Waals surface area contributed by atoms with Crippen LogP contribution >= 0.6 is 0 Å². The molecule has 0 bridgehead atoms. The fourth-order valence-electron chi connectivity index (χ4n) is 11.5. The Hall–Kier alpha value is -6.88. The van der Waals surface area contributed by atoms with E-state index >= 15 is 0 Å². The standard InChI is InChI=1S/C60H49N.4C2H6/c1-42-34-38-47(39-35-42)61(57-33-12-4-3-7-20-43(57)2)48-40-36-44(37-41-48)49-25-13-15-28-52(49)59(45-21-8-5-9-22-45)54-30-17-18-31-55(54)60(46-23-10-6-11-24-46)53-29-16-14-26-50(53)51-27-19-32-56(59)58(51)60;4*1-2/h3,5-11,13-32,34-36,38-40,44,48,57H,4,37,41H2,1-2H3;4*1-2H3/b7-3-,43-20-;;;;. The number of allylic oxidation sites excluding steroid dienone is 4. The van der Waals surface area contributed by atoms with Gasteiger partial charge in [-0.25, -0.2) is 0 Å². The van der Waals surface area contributed by atoms with Crippen molar-refractivity contribution in [2.45, 2.75) is 117 Å². The van der Waals surface area contributed by atoms with Gasteiger partial charge in [0, 0.05) is 24.1 Å². The van der Waals surface area contributed by atoms with Crippen molar-refractivity contribution >= 4 is 5.69 Å². The molecule has 350 valence electrons. The minimum atomic E-state index is -0.581. The number of rotatable bonds is 7. The summed E-state index contributed by atoms with van der Waals surface area (Å²) in [4.78, 5) is 2.58.